The van der Waals surface area contributed by atoms with Crippen LogP contribution in [0.3, 0.4) is 0 Å². The van der Waals surface area contributed by atoms with Crippen LogP contribution in [-0.4, -0.2) is 38.2 Å². The zero-order valence-corrected chi connectivity index (χ0v) is 14.8. The van der Waals surface area contributed by atoms with Crippen LogP contribution in [0.5, 0.6) is 0 Å². The highest BCUT2D eigenvalue weighted by Crippen LogP contribution is 2.27. The van der Waals surface area contributed by atoms with E-state index in [1.807, 2.05) is 13.0 Å². The lowest BCUT2D eigenvalue weighted by Gasteiger charge is -2.07. The minimum absolute atomic E-state index is 0.0201. The van der Waals surface area contributed by atoms with Gasteiger partial charge in [0.25, 0.3) is 5.91 Å². The molecule has 2 N–H and O–H groups in total. The van der Waals surface area contributed by atoms with E-state index in [0.717, 1.165) is 18.2 Å². The number of ether oxygens (including phenoxy) is 2. The molecule has 2 aromatic rings. The molecule has 26 heavy (non-hydrogen) atoms. The Kier molecular flexibility index (Phi) is 7.16. The van der Waals surface area contributed by atoms with E-state index in [9.17, 15) is 14.4 Å². The van der Waals surface area contributed by atoms with Crippen LogP contribution in [0.1, 0.15) is 35.9 Å². The number of carbonyl (C=O) groups excluding carboxylic acids is 3. The number of imide groups is 1. The number of furan rings is 1. The van der Waals surface area contributed by atoms with E-state index in [0.29, 0.717) is 17.7 Å². The molecule has 0 fully saturated rings. The number of rotatable bonds is 8. The van der Waals surface area contributed by atoms with Crippen LogP contribution in [0.25, 0.3) is 11.0 Å². The molecule has 0 bridgehead atoms. The summed E-state index contributed by atoms with van der Waals surface area (Å²) in [5.74, 6) is -1.54. The minimum Gasteiger partial charge on any atom is -0.450 e. The third-order valence-corrected chi connectivity index (χ3v) is 3.58. The molecule has 8 heteroatoms. The van der Waals surface area contributed by atoms with Crippen molar-refractivity contribution in [2.75, 3.05) is 20.3 Å². The van der Waals surface area contributed by atoms with E-state index in [1.165, 1.54) is 7.11 Å². The summed E-state index contributed by atoms with van der Waals surface area (Å²) in [6.45, 7) is 2.02. The highest BCUT2D eigenvalue weighted by molar-refractivity contribution is 5.98. The fraction of sp³-hybridized carbons (Fsp3) is 0.389. The zero-order valence-electron chi connectivity index (χ0n) is 14.8. The first-order chi connectivity index (χ1) is 12.6. The quantitative estimate of drug-likeness (QED) is 0.551. The summed E-state index contributed by atoms with van der Waals surface area (Å²) in [6.07, 6.45) is 1.73. The average Bonchev–Trinajstić information content (AvgIpc) is 2.99. The fourth-order valence-corrected chi connectivity index (χ4v) is 2.33. The van der Waals surface area contributed by atoms with E-state index in [1.54, 1.807) is 18.2 Å². The predicted molar refractivity (Wildman–Crippen MR) is 93.7 cm³/mol. The summed E-state index contributed by atoms with van der Waals surface area (Å²) in [7, 11) is 1.50. The maximum Gasteiger partial charge on any atom is 0.375 e. The van der Waals surface area contributed by atoms with Gasteiger partial charge in [0.2, 0.25) is 5.76 Å². The van der Waals surface area contributed by atoms with Crippen LogP contribution in [-0.2, 0) is 20.9 Å². The number of carbonyl (C=O) groups is 3. The molecule has 140 valence electrons. The van der Waals surface area contributed by atoms with E-state index in [4.69, 9.17) is 13.9 Å². The van der Waals surface area contributed by atoms with Gasteiger partial charge in [-0.25, -0.2) is 9.59 Å². The van der Waals surface area contributed by atoms with Gasteiger partial charge in [-0.05, 0) is 12.5 Å². The number of hydrogen-bond acceptors (Lipinski definition) is 6. The first-order valence-electron chi connectivity index (χ1n) is 8.31. The molecule has 8 nitrogen and oxygen atoms in total. The van der Waals surface area contributed by atoms with Crippen molar-refractivity contribution >= 4 is 28.9 Å². The van der Waals surface area contributed by atoms with Gasteiger partial charge in [-0.1, -0.05) is 31.5 Å². The van der Waals surface area contributed by atoms with Gasteiger partial charge in [-0.3, -0.25) is 10.1 Å². The zero-order chi connectivity index (χ0) is 18.9. The van der Waals surface area contributed by atoms with Gasteiger partial charge in [-0.2, -0.15) is 0 Å². The van der Waals surface area contributed by atoms with E-state index >= 15 is 0 Å². The van der Waals surface area contributed by atoms with Crippen LogP contribution >= 0.6 is 0 Å². The molecule has 1 aromatic heterocycles. The molecular weight excluding hydrogens is 340 g/mol. The Balaban J connectivity index is 1.95. The second-order valence-electron chi connectivity index (χ2n) is 5.57. The molecule has 0 spiro atoms. The minimum atomic E-state index is -0.796. The first-order valence-corrected chi connectivity index (χ1v) is 8.31. The van der Waals surface area contributed by atoms with Gasteiger partial charge in [0.15, 0.2) is 6.61 Å². The smallest absolute Gasteiger partial charge is 0.375 e. The summed E-state index contributed by atoms with van der Waals surface area (Å²) in [5.41, 5.74) is 1.07. The number of urea groups is 1. The number of fused-ring (bicyclic) bond motifs is 1. The van der Waals surface area contributed by atoms with E-state index in [-0.39, 0.29) is 12.4 Å². The number of nitrogens with one attached hydrogen (secondary N) is 2. The van der Waals surface area contributed by atoms with Crippen LogP contribution in [0.15, 0.2) is 28.7 Å². The Morgan fingerprint density at radius 2 is 1.96 bits per heavy atom. The monoisotopic (exact) mass is 362 g/mol. The second kappa shape index (κ2) is 9.57. The van der Waals surface area contributed by atoms with Crippen molar-refractivity contribution < 1.29 is 28.3 Å². The van der Waals surface area contributed by atoms with Crippen molar-refractivity contribution in [3.05, 3.63) is 35.6 Å². The summed E-state index contributed by atoms with van der Waals surface area (Å²) in [5, 5.41) is 5.36. The van der Waals surface area contributed by atoms with Crippen LogP contribution in [0, 0.1) is 0 Å². The van der Waals surface area contributed by atoms with Crippen molar-refractivity contribution in [3.8, 4) is 0 Å². The van der Waals surface area contributed by atoms with Crippen molar-refractivity contribution in [3.63, 3.8) is 0 Å². The summed E-state index contributed by atoms with van der Waals surface area (Å²) < 4.78 is 15.6. The highest BCUT2D eigenvalue weighted by Gasteiger charge is 2.22. The van der Waals surface area contributed by atoms with Crippen LogP contribution in [0.2, 0.25) is 0 Å². The maximum absolute atomic E-state index is 12.3. The molecule has 0 aliphatic carbocycles. The molecule has 0 radical (unpaired) electrons. The fourth-order valence-electron chi connectivity index (χ4n) is 2.33. The molecule has 3 amide bonds. The van der Waals surface area contributed by atoms with Gasteiger partial charge in [-0.15, -0.1) is 0 Å². The molecule has 0 unspecified atom stereocenters. The van der Waals surface area contributed by atoms with Crippen molar-refractivity contribution in [1.29, 1.82) is 0 Å². The molecule has 2 rings (SSSR count). The molecule has 1 aromatic carbocycles. The lowest BCUT2D eigenvalue weighted by atomic mass is 10.1. The van der Waals surface area contributed by atoms with Gasteiger partial charge in [0, 0.05) is 24.6 Å². The summed E-state index contributed by atoms with van der Waals surface area (Å²) >= 11 is 0. The Morgan fingerprint density at radius 1 is 1.19 bits per heavy atom. The van der Waals surface area contributed by atoms with Gasteiger partial charge in [0.05, 0.1) is 6.61 Å². The SMILES string of the molecule is CCCCNC(=O)NC(=O)COC(=O)c1oc2ccccc2c1COC. The van der Waals surface area contributed by atoms with Gasteiger partial charge < -0.3 is 19.2 Å². The highest BCUT2D eigenvalue weighted by atomic mass is 16.5. The Labute approximate surface area is 150 Å². The average molecular weight is 362 g/mol. The number of hydrogen-bond donors (Lipinski definition) is 2. The topological polar surface area (TPSA) is 107 Å². The molecule has 1 heterocycles. The first kappa shape index (κ1) is 19.5. The van der Waals surface area contributed by atoms with Crippen molar-refractivity contribution in [2.45, 2.75) is 26.4 Å². The predicted octanol–water partition coefficient (Wildman–Crippen LogP) is 2.36. The number of unbranched alkanes of at least 4 members (excludes halogenated alkanes) is 1. The standard InChI is InChI=1S/C18H22N2O6/c1-3-4-9-19-18(23)20-15(21)11-25-17(22)16-13(10-24-2)12-7-5-6-8-14(12)26-16/h5-8H,3-4,9-11H2,1-2H3,(H2,19,20,21,23). The normalized spacial score (nSPS) is 10.5. The largest absolute Gasteiger partial charge is 0.450 e. The number of esters is 1. The number of amides is 3. The molecule has 0 saturated carbocycles. The lowest BCUT2D eigenvalue weighted by molar-refractivity contribution is -0.123. The van der Waals surface area contributed by atoms with E-state index in [2.05, 4.69) is 10.6 Å². The second-order valence-corrected chi connectivity index (χ2v) is 5.57. The lowest BCUT2D eigenvalue weighted by Crippen LogP contribution is -2.41. The Bertz CT molecular complexity index is 783. The third kappa shape index (κ3) is 5.06. The third-order valence-electron chi connectivity index (χ3n) is 3.58. The maximum atomic E-state index is 12.3. The number of benzene rings is 1. The molecule has 0 saturated heterocycles. The van der Waals surface area contributed by atoms with Gasteiger partial charge >= 0.3 is 12.0 Å². The Morgan fingerprint density at radius 3 is 2.69 bits per heavy atom. The molecule has 0 aliphatic heterocycles. The number of methoxy groups -OCH3 is 1. The molecule has 0 aliphatic rings. The summed E-state index contributed by atoms with van der Waals surface area (Å²) in [6, 6.07) is 6.50. The summed E-state index contributed by atoms with van der Waals surface area (Å²) in [4.78, 5) is 35.4. The molecule has 0 atom stereocenters. The molecular formula is C18H22N2O6. The van der Waals surface area contributed by atoms with E-state index < -0.39 is 24.5 Å². The van der Waals surface area contributed by atoms with Crippen molar-refractivity contribution in [1.82, 2.24) is 10.6 Å². The van der Waals surface area contributed by atoms with Crippen molar-refractivity contribution in [2.24, 2.45) is 0 Å². The van der Waals surface area contributed by atoms with Gasteiger partial charge in [0.1, 0.15) is 5.58 Å². The van der Waals surface area contributed by atoms with Crippen LogP contribution < -0.4 is 10.6 Å². The number of para-hydroxylation sites is 1. The van der Waals surface area contributed by atoms with Crippen LogP contribution in [0.4, 0.5) is 4.79 Å². The Hall–Kier alpha value is -2.87.